The molecule has 132 valence electrons. The lowest BCUT2D eigenvalue weighted by atomic mass is 10.0. The van der Waals surface area contributed by atoms with Crippen LogP contribution in [0.2, 0.25) is 0 Å². The van der Waals surface area contributed by atoms with Gasteiger partial charge in [0, 0.05) is 17.4 Å². The van der Waals surface area contributed by atoms with Gasteiger partial charge < -0.3 is 16.0 Å². The van der Waals surface area contributed by atoms with E-state index in [1.807, 2.05) is 36.0 Å². The molecule has 2 aliphatic rings. The Morgan fingerprint density at radius 3 is 3.04 bits per heavy atom. The van der Waals surface area contributed by atoms with E-state index in [4.69, 9.17) is 0 Å². The lowest BCUT2D eigenvalue weighted by Gasteiger charge is -2.16. The van der Waals surface area contributed by atoms with Crippen molar-refractivity contribution in [2.45, 2.75) is 43.0 Å². The van der Waals surface area contributed by atoms with Crippen LogP contribution in [0.3, 0.4) is 0 Å². The molecule has 2 fully saturated rings. The SMILES string of the molecule is O=C(CCCC[C@@H]1SC[C@H]2NC(=O)N[C@@H]12)Nc1nc2ccccc2s1. The van der Waals surface area contributed by atoms with Gasteiger partial charge >= 0.3 is 6.03 Å². The van der Waals surface area contributed by atoms with Crippen LogP contribution in [0.1, 0.15) is 25.7 Å². The van der Waals surface area contributed by atoms with E-state index in [1.165, 1.54) is 11.3 Å². The van der Waals surface area contributed by atoms with Crippen molar-refractivity contribution in [1.29, 1.82) is 0 Å². The number of fused-ring (bicyclic) bond motifs is 2. The Bertz CT molecular complexity index is 761. The number of hydrogen-bond donors (Lipinski definition) is 3. The summed E-state index contributed by atoms with van der Waals surface area (Å²) in [4.78, 5) is 27.9. The van der Waals surface area contributed by atoms with Crippen molar-refractivity contribution in [3.8, 4) is 0 Å². The summed E-state index contributed by atoms with van der Waals surface area (Å²) in [6, 6.07) is 8.34. The Kier molecular flexibility index (Phi) is 4.80. The van der Waals surface area contributed by atoms with E-state index in [1.54, 1.807) is 0 Å². The molecule has 0 unspecified atom stereocenters. The van der Waals surface area contributed by atoms with Gasteiger partial charge in [-0.1, -0.05) is 29.9 Å². The normalized spacial score (nSPS) is 24.8. The molecule has 2 aliphatic heterocycles. The highest BCUT2D eigenvalue weighted by Crippen LogP contribution is 2.33. The number of thioether (sulfide) groups is 1. The second kappa shape index (κ2) is 7.21. The van der Waals surface area contributed by atoms with Gasteiger partial charge in [0.15, 0.2) is 5.13 Å². The topological polar surface area (TPSA) is 83.1 Å². The summed E-state index contributed by atoms with van der Waals surface area (Å²) in [5.74, 6) is 0.999. The van der Waals surface area contributed by atoms with Gasteiger partial charge in [0.2, 0.25) is 5.91 Å². The van der Waals surface area contributed by atoms with Crippen molar-refractivity contribution in [3.63, 3.8) is 0 Å². The molecule has 0 saturated carbocycles. The fourth-order valence-corrected chi connectivity index (χ4v) is 5.81. The minimum absolute atomic E-state index is 0.0202. The van der Waals surface area contributed by atoms with Gasteiger partial charge in [-0.25, -0.2) is 9.78 Å². The molecular formula is C17H20N4O2S2. The molecule has 3 amide bonds. The van der Waals surface area contributed by atoms with E-state index in [0.29, 0.717) is 16.8 Å². The number of aromatic nitrogens is 1. The minimum Gasteiger partial charge on any atom is -0.332 e. The van der Waals surface area contributed by atoms with Crippen LogP contribution < -0.4 is 16.0 Å². The molecule has 1 aromatic heterocycles. The standard InChI is InChI=1S/C17H20N4O2S2/c22-14(20-17-19-10-5-1-2-6-12(10)25-17)8-4-3-7-13-15-11(9-24-13)18-16(23)21-15/h1-2,5-6,11,13,15H,3-4,7-9H2,(H2,18,21,23)(H,19,20,22)/t11-,13+,15-/m1/s1. The molecule has 25 heavy (non-hydrogen) atoms. The Balaban J connectivity index is 1.20. The van der Waals surface area contributed by atoms with Crippen LogP contribution in [0.4, 0.5) is 9.93 Å². The first kappa shape index (κ1) is 16.7. The monoisotopic (exact) mass is 376 g/mol. The molecular weight excluding hydrogens is 356 g/mol. The van der Waals surface area contributed by atoms with Crippen LogP contribution in [0.25, 0.3) is 10.2 Å². The van der Waals surface area contributed by atoms with Crippen LogP contribution in [0.5, 0.6) is 0 Å². The highest BCUT2D eigenvalue weighted by atomic mass is 32.2. The Morgan fingerprint density at radius 1 is 1.28 bits per heavy atom. The van der Waals surface area contributed by atoms with Crippen molar-refractivity contribution >= 4 is 50.4 Å². The molecule has 0 radical (unpaired) electrons. The average molecular weight is 377 g/mol. The average Bonchev–Trinajstić information content (AvgIpc) is 3.25. The fourth-order valence-electron chi connectivity index (χ4n) is 3.38. The zero-order valence-corrected chi connectivity index (χ0v) is 15.3. The molecule has 4 rings (SSSR count). The van der Waals surface area contributed by atoms with Gasteiger partial charge in [0.25, 0.3) is 0 Å². The predicted octanol–water partition coefficient (Wildman–Crippen LogP) is 2.96. The zero-order valence-electron chi connectivity index (χ0n) is 13.7. The Labute approximate surface area is 154 Å². The second-order valence-corrected chi connectivity index (χ2v) is 8.71. The van der Waals surface area contributed by atoms with Crippen molar-refractivity contribution < 1.29 is 9.59 Å². The maximum absolute atomic E-state index is 12.1. The third kappa shape index (κ3) is 3.74. The summed E-state index contributed by atoms with van der Waals surface area (Å²) in [6.45, 7) is 0. The molecule has 0 bridgehead atoms. The maximum atomic E-state index is 12.1. The van der Waals surface area contributed by atoms with Crippen LogP contribution in [-0.2, 0) is 4.79 Å². The van der Waals surface area contributed by atoms with Gasteiger partial charge in [0.05, 0.1) is 22.3 Å². The smallest absolute Gasteiger partial charge is 0.315 e. The number of benzene rings is 1. The second-order valence-electron chi connectivity index (χ2n) is 6.40. The van der Waals surface area contributed by atoms with E-state index in [-0.39, 0.29) is 24.0 Å². The quantitative estimate of drug-likeness (QED) is 0.535. The van der Waals surface area contributed by atoms with E-state index in [2.05, 4.69) is 20.9 Å². The maximum Gasteiger partial charge on any atom is 0.315 e. The van der Waals surface area contributed by atoms with E-state index < -0.39 is 0 Å². The van der Waals surface area contributed by atoms with E-state index >= 15 is 0 Å². The number of unbranched alkanes of at least 4 members (excludes halogenated alkanes) is 1. The number of urea groups is 1. The summed E-state index contributed by atoms with van der Waals surface area (Å²) < 4.78 is 1.08. The summed E-state index contributed by atoms with van der Waals surface area (Å²) in [5, 5.41) is 9.98. The first-order valence-corrected chi connectivity index (χ1v) is 10.4. The van der Waals surface area contributed by atoms with Gasteiger partial charge in [-0.15, -0.1) is 0 Å². The predicted molar refractivity (Wildman–Crippen MR) is 102 cm³/mol. The third-order valence-corrected chi connectivity index (χ3v) is 7.08. The van der Waals surface area contributed by atoms with E-state index in [0.717, 1.165) is 35.2 Å². The van der Waals surface area contributed by atoms with Crippen LogP contribution in [0, 0.1) is 0 Å². The zero-order chi connectivity index (χ0) is 17.2. The minimum atomic E-state index is -0.0458. The third-order valence-electron chi connectivity index (χ3n) is 4.62. The number of carbonyl (C=O) groups is 2. The number of anilines is 1. The molecule has 3 heterocycles. The molecule has 6 nitrogen and oxygen atoms in total. The van der Waals surface area contributed by atoms with Crippen molar-refractivity contribution in [1.82, 2.24) is 15.6 Å². The van der Waals surface area contributed by atoms with Gasteiger partial charge in [0.1, 0.15) is 0 Å². The number of rotatable bonds is 6. The molecule has 8 heteroatoms. The van der Waals surface area contributed by atoms with Gasteiger partial charge in [-0.2, -0.15) is 11.8 Å². The van der Waals surface area contributed by atoms with Crippen molar-refractivity contribution in [3.05, 3.63) is 24.3 Å². The fraction of sp³-hybridized carbons (Fsp3) is 0.471. The number of nitrogens with one attached hydrogen (secondary N) is 3. The molecule has 0 spiro atoms. The number of thiazole rings is 1. The summed E-state index contributed by atoms with van der Waals surface area (Å²) in [6.07, 6.45) is 3.38. The first-order chi connectivity index (χ1) is 12.2. The molecule has 2 saturated heterocycles. The van der Waals surface area contributed by atoms with Crippen LogP contribution in [-0.4, -0.2) is 40.0 Å². The number of amides is 3. The summed E-state index contributed by atoms with van der Waals surface area (Å²) in [5.41, 5.74) is 0.919. The number of hydrogen-bond acceptors (Lipinski definition) is 5. The van der Waals surface area contributed by atoms with Crippen molar-refractivity contribution in [2.24, 2.45) is 0 Å². The number of nitrogens with zero attached hydrogens (tertiary/aromatic N) is 1. The van der Waals surface area contributed by atoms with Gasteiger partial charge in [-0.05, 0) is 25.0 Å². The van der Waals surface area contributed by atoms with Crippen LogP contribution >= 0.6 is 23.1 Å². The number of carbonyl (C=O) groups excluding carboxylic acids is 2. The summed E-state index contributed by atoms with van der Waals surface area (Å²) >= 11 is 3.42. The van der Waals surface area contributed by atoms with E-state index in [9.17, 15) is 9.59 Å². The molecule has 3 N–H and O–H groups in total. The molecule has 0 aliphatic carbocycles. The Hall–Kier alpha value is -1.80. The summed E-state index contributed by atoms with van der Waals surface area (Å²) in [7, 11) is 0. The lowest BCUT2D eigenvalue weighted by molar-refractivity contribution is -0.116. The highest BCUT2D eigenvalue weighted by molar-refractivity contribution is 8.00. The van der Waals surface area contributed by atoms with Crippen molar-refractivity contribution in [2.75, 3.05) is 11.1 Å². The highest BCUT2D eigenvalue weighted by Gasteiger charge is 2.42. The number of para-hydroxylation sites is 1. The van der Waals surface area contributed by atoms with Gasteiger partial charge in [-0.3, -0.25) is 4.79 Å². The largest absolute Gasteiger partial charge is 0.332 e. The molecule has 2 aromatic rings. The Morgan fingerprint density at radius 2 is 2.16 bits per heavy atom. The lowest BCUT2D eigenvalue weighted by Crippen LogP contribution is -2.36. The molecule has 1 aromatic carbocycles. The molecule has 3 atom stereocenters. The van der Waals surface area contributed by atoms with Crippen LogP contribution in [0.15, 0.2) is 24.3 Å². The first-order valence-electron chi connectivity index (χ1n) is 8.53.